The van der Waals surface area contributed by atoms with Crippen molar-refractivity contribution in [3.8, 4) is 51.0 Å². The molecule has 0 N–H and O–H groups in total. The van der Waals surface area contributed by atoms with Crippen LogP contribution in [-0.4, -0.2) is 19.5 Å². The minimum atomic E-state index is 0.590. The van der Waals surface area contributed by atoms with Gasteiger partial charge in [-0.25, -0.2) is 15.0 Å². The number of benzene rings is 9. The highest BCUT2D eigenvalue weighted by atomic mass is 16.3. The topological polar surface area (TPSA) is 56.7 Å². The van der Waals surface area contributed by atoms with Crippen LogP contribution < -0.4 is 0 Å². The average molecular weight is 793 g/mol. The summed E-state index contributed by atoms with van der Waals surface area (Å²) >= 11 is 0. The fourth-order valence-electron chi connectivity index (χ4n) is 9.68. The highest BCUT2D eigenvalue weighted by Gasteiger charge is 2.23. The SMILES string of the molecule is C1=Cc2c(c(-c3ccccc3)cc3c4ccccc4n(-c4ccc5c(c4)oc4cc(-c6nc(-c7ccc8ccccc8c7)nc(-c7ccc8ccccc8c7)n6)ccc45)c23)CC1. The van der Waals surface area contributed by atoms with Gasteiger partial charge in [0.2, 0.25) is 0 Å². The van der Waals surface area contributed by atoms with E-state index in [1.807, 2.05) is 0 Å². The van der Waals surface area contributed by atoms with Gasteiger partial charge in [-0.05, 0) is 99.6 Å². The number of furan rings is 1. The summed E-state index contributed by atoms with van der Waals surface area (Å²) in [5.41, 5.74) is 13.1. The van der Waals surface area contributed by atoms with Crippen LogP contribution in [0.15, 0.2) is 192 Å². The van der Waals surface area contributed by atoms with Crippen molar-refractivity contribution in [2.45, 2.75) is 12.8 Å². The van der Waals surface area contributed by atoms with Gasteiger partial charge in [0.15, 0.2) is 17.5 Å². The van der Waals surface area contributed by atoms with Gasteiger partial charge in [-0.15, -0.1) is 0 Å². The van der Waals surface area contributed by atoms with Crippen LogP contribution in [-0.2, 0) is 6.42 Å². The molecule has 5 heteroatoms. The number of hydrogen-bond acceptors (Lipinski definition) is 4. The van der Waals surface area contributed by atoms with E-state index in [2.05, 4.69) is 199 Å². The molecule has 3 aromatic heterocycles. The number of rotatable bonds is 5. The van der Waals surface area contributed by atoms with Crippen LogP contribution in [0.1, 0.15) is 17.5 Å². The molecule has 0 radical (unpaired) electrons. The Labute approximate surface area is 356 Å². The number of allylic oxidation sites excluding steroid dienone is 1. The molecule has 0 aliphatic heterocycles. The second kappa shape index (κ2) is 13.7. The molecule has 0 amide bonds. The van der Waals surface area contributed by atoms with E-state index < -0.39 is 0 Å². The Balaban J connectivity index is 0.966. The van der Waals surface area contributed by atoms with Crippen LogP contribution in [0.25, 0.3) is 122 Å². The maximum Gasteiger partial charge on any atom is 0.164 e. The van der Waals surface area contributed by atoms with Crippen molar-refractivity contribution >= 4 is 71.4 Å². The molecule has 0 fully saturated rings. The Hall–Kier alpha value is -8.15. The quantitative estimate of drug-likeness (QED) is 0.174. The zero-order chi connectivity index (χ0) is 40.7. The molecule has 13 rings (SSSR count). The number of hydrogen-bond donors (Lipinski definition) is 0. The van der Waals surface area contributed by atoms with Crippen LogP contribution in [0.5, 0.6) is 0 Å². The summed E-state index contributed by atoms with van der Waals surface area (Å²) in [6.45, 7) is 0. The Morgan fingerprint density at radius 1 is 0.435 bits per heavy atom. The second-order valence-corrected chi connectivity index (χ2v) is 16.3. The molecule has 1 aliphatic rings. The van der Waals surface area contributed by atoms with Crippen molar-refractivity contribution in [2.24, 2.45) is 0 Å². The van der Waals surface area contributed by atoms with Gasteiger partial charge < -0.3 is 8.98 Å². The lowest BCUT2D eigenvalue weighted by atomic mass is 9.87. The first-order valence-corrected chi connectivity index (χ1v) is 21.2. The number of fused-ring (bicyclic) bond motifs is 10. The zero-order valence-electron chi connectivity index (χ0n) is 33.6. The molecule has 12 aromatic rings. The molecular weight excluding hydrogens is 757 g/mol. The van der Waals surface area contributed by atoms with Crippen molar-refractivity contribution < 1.29 is 4.42 Å². The van der Waals surface area contributed by atoms with Crippen LogP contribution in [0.2, 0.25) is 0 Å². The summed E-state index contributed by atoms with van der Waals surface area (Å²) in [4.78, 5) is 15.3. The lowest BCUT2D eigenvalue weighted by molar-refractivity contribution is 0.668. The molecule has 3 heterocycles. The van der Waals surface area contributed by atoms with E-state index in [4.69, 9.17) is 19.4 Å². The Morgan fingerprint density at radius 3 is 1.73 bits per heavy atom. The Morgan fingerprint density at radius 2 is 1.02 bits per heavy atom. The van der Waals surface area contributed by atoms with Crippen molar-refractivity contribution in [3.05, 3.63) is 199 Å². The van der Waals surface area contributed by atoms with Crippen LogP contribution in [0.4, 0.5) is 0 Å². The molecule has 0 saturated heterocycles. The first-order chi connectivity index (χ1) is 30.7. The maximum atomic E-state index is 6.79. The molecule has 290 valence electrons. The van der Waals surface area contributed by atoms with Crippen molar-refractivity contribution in [2.75, 3.05) is 0 Å². The van der Waals surface area contributed by atoms with Gasteiger partial charge in [-0.3, -0.25) is 0 Å². The van der Waals surface area contributed by atoms with Gasteiger partial charge in [-0.2, -0.15) is 0 Å². The number of para-hydroxylation sites is 1. The first kappa shape index (κ1) is 34.7. The van der Waals surface area contributed by atoms with E-state index in [0.717, 1.165) is 67.9 Å². The Kier molecular flexibility index (Phi) is 7.66. The fraction of sp³-hybridized carbons (Fsp3) is 0.0351. The molecule has 1 aliphatic carbocycles. The van der Waals surface area contributed by atoms with E-state index in [-0.39, 0.29) is 0 Å². The van der Waals surface area contributed by atoms with Gasteiger partial charge in [0.05, 0.1) is 11.0 Å². The lowest BCUT2D eigenvalue weighted by Gasteiger charge is -2.19. The van der Waals surface area contributed by atoms with Gasteiger partial charge in [0.25, 0.3) is 0 Å². The highest BCUT2D eigenvalue weighted by Crippen LogP contribution is 2.43. The maximum absolute atomic E-state index is 6.79. The minimum absolute atomic E-state index is 0.590. The minimum Gasteiger partial charge on any atom is -0.456 e. The normalized spacial score (nSPS) is 12.6. The summed E-state index contributed by atoms with van der Waals surface area (Å²) < 4.78 is 9.22. The zero-order valence-corrected chi connectivity index (χ0v) is 33.6. The van der Waals surface area contributed by atoms with Crippen molar-refractivity contribution in [3.63, 3.8) is 0 Å². The third kappa shape index (κ3) is 5.52. The van der Waals surface area contributed by atoms with E-state index in [9.17, 15) is 0 Å². The van der Waals surface area contributed by atoms with Gasteiger partial charge in [-0.1, -0.05) is 140 Å². The molecule has 5 nitrogen and oxygen atoms in total. The van der Waals surface area contributed by atoms with Gasteiger partial charge in [0.1, 0.15) is 11.2 Å². The fourth-order valence-corrected chi connectivity index (χ4v) is 9.68. The van der Waals surface area contributed by atoms with E-state index >= 15 is 0 Å². The predicted octanol–water partition coefficient (Wildman–Crippen LogP) is 14.8. The average Bonchev–Trinajstić information content (AvgIpc) is 3.88. The largest absolute Gasteiger partial charge is 0.456 e. The van der Waals surface area contributed by atoms with Gasteiger partial charge >= 0.3 is 0 Å². The highest BCUT2D eigenvalue weighted by molar-refractivity contribution is 6.14. The molecule has 0 bridgehead atoms. The molecule has 9 aromatic carbocycles. The van der Waals surface area contributed by atoms with Crippen LogP contribution >= 0.6 is 0 Å². The third-order valence-corrected chi connectivity index (χ3v) is 12.7. The number of aromatic nitrogens is 4. The summed E-state index contributed by atoms with van der Waals surface area (Å²) in [6.07, 6.45) is 6.70. The molecule has 0 atom stereocenters. The summed E-state index contributed by atoms with van der Waals surface area (Å²) in [7, 11) is 0. The molecule has 62 heavy (non-hydrogen) atoms. The lowest BCUT2D eigenvalue weighted by Crippen LogP contribution is -2.02. The molecular formula is C57H36N4O. The van der Waals surface area contributed by atoms with Crippen molar-refractivity contribution in [1.82, 2.24) is 19.5 Å². The molecule has 0 spiro atoms. The molecule has 0 unspecified atom stereocenters. The third-order valence-electron chi connectivity index (χ3n) is 12.7. The molecule has 0 saturated carbocycles. The first-order valence-electron chi connectivity index (χ1n) is 21.2. The summed E-state index contributed by atoms with van der Waals surface area (Å²) in [5, 5.41) is 9.21. The summed E-state index contributed by atoms with van der Waals surface area (Å²) in [6, 6.07) is 64.5. The number of nitrogens with zero attached hydrogens (tertiary/aromatic N) is 4. The van der Waals surface area contributed by atoms with Crippen LogP contribution in [0.3, 0.4) is 0 Å². The van der Waals surface area contributed by atoms with Gasteiger partial charge in [0, 0.05) is 55.6 Å². The monoisotopic (exact) mass is 792 g/mol. The van der Waals surface area contributed by atoms with Crippen LogP contribution in [0, 0.1) is 0 Å². The predicted molar refractivity (Wildman–Crippen MR) is 256 cm³/mol. The van der Waals surface area contributed by atoms with E-state index in [1.54, 1.807) is 0 Å². The smallest absolute Gasteiger partial charge is 0.164 e. The van der Waals surface area contributed by atoms with E-state index in [1.165, 1.54) is 54.8 Å². The summed E-state index contributed by atoms with van der Waals surface area (Å²) in [5.74, 6) is 1.84. The van der Waals surface area contributed by atoms with E-state index in [0.29, 0.717) is 17.5 Å². The van der Waals surface area contributed by atoms with Crippen molar-refractivity contribution in [1.29, 1.82) is 0 Å². The Bertz CT molecular complexity index is 3720. The standard InChI is InChI=1S/C57H36N4O/c1-2-14-37(15-3-1)49-34-50-45-19-10-11-21-51(45)61(54(50)48-20-9-8-18-44(48)49)43-27-29-47-46-28-26-42(32-52(46)62-53(47)33-43)57-59-55(40-24-22-35-12-4-6-16-38(35)30-40)58-56(60-57)41-25-23-36-13-5-7-17-39(36)31-41/h1-7,9-17,19-34H,8,18H2. The second-order valence-electron chi connectivity index (χ2n) is 16.3.